The Balaban J connectivity index is 1.26. The van der Waals surface area contributed by atoms with Crippen LogP contribution in [0.4, 0.5) is 0 Å². The van der Waals surface area contributed by atoms with Gasteiger partial charge in [-0.1, -0.05) is 48.0 Å². The normalized spacial score (nSPS) is 17.3. The highest BCUT2D eigenvalue weighted by Crippen LogP contribution is 2.29. The molecule has 29 heavy (non-hydrogen) atoms. The summed E-state index contributed by atoms with van der Waals surface area (Å²) in [5.74, 6) is 0.957. The Hall–Kier alpha value is -2.52. The Morgan fingerprint density at radius 3 is 2.72 bits per heavy atom. The zero-order chi connectivity index (χ0) is 20.1. The molecule has 1 atom stereocenters. The molecule has 2 aliphatic rings. The van der Waals surface area contributed by atoms with Crippen molar-refractivity contribution in [2.75, 3.05) is 13.2 Å². The van der Waals surface area contributed by atoms with Gasteiger partial charge < -0.3 is 9.64 Å². The minimum atomic E-state index is -0.310. The topological polar surface area (TPSA) is 29.5 Å². The van der Waals surface area contributed by atoms with Gasteiger partial charge in [-0.3, -0.25) is 4.79 Å². The van der Waals surface area contributed by atoms with Crippen LogP contribution < -0.4 is 4.74 Å². The van der Waals surface area contributed by atoms with Gasteiger partial charge in [-0.2, -0.15) is 0 Å². The third-order valence-electron chi connectivity index (χ3n) is 5.60. The van der Waals surface area contributed by atoms with Crippen molar-refractivity contribution < 1.29 is 9.53 Å². The van der Waals surface area contributed by atoms with Crippen molar-refractivity contribution in [3.8, 4) is 5.75 Å². The molecule has 4 rings (SSSR count). The highest BCUT2D eigenvalue weighted by Gasteiger charge is 2.27. The zero-order valence-electron chi connectivity index (χ0n) is 16.5. The molecule has 4 heteroatoms. The number of carbonyl (C=O) groups is 1. The fraction of sp³-hybridized carbons (Fsp3) is 0.320. The number of fused-ring (bicyclic) bond motifs is 1. The molecule has 1 aliphatic heterocycles. The van der Waals surface area contributed by atoms with Crippen LogP contribution >= 0.6 is 11.6 Å². The average molecular weight is 408 g/mol. The van der Waals surface area contributed by atoms with Gasteiger partial charge in [0.25, 0.3) is 0 Å². The fourth-order valence-corrected chi connectivity index (χ4v) is 4.09. The lowest BCUT2D eigenvalue weighted by Gasteiger charge is -2.34. The molecule has 0 fully saturated rings. The molecule has 2 aromatic rings. The number of aryl methyl sites for hydroxylation is 2. The second-order valence-corrected chi connectivity index (χ2v) is 8.09. The van der Waals surface area contributed by atoms with E-state index in [1.54, 1.807) is 0 Å². The molecule has 0 bridgehead atoms. The molecule has 3 nitrogen and oxygen atoms in total. The van der Waals surface area contributed by atoms with Crippen LogP contribution in [0.1, 0.15) is 36.0 Å². The molecule has 1 unspecified atom stereocenters. The molecular formula is C25H26ClNO2. The maximum Gasteiger partial charge on any atom is 0.248 e. The summed E-state index contributed by atoms with van der Waals surface area (Å²) in [4.78, 5) is 13.4. The molecular weight excluding hydrogens is 382 g/mol. The SMILES string of the molecule is O=C(Cl)C1C=CN1CC1=Cc2ccc(OCCCCc3ccccc3)cc2CC1. The number of hydrogen-bond acceptors (Lipinski definition) is 3. The van der Waals surface area contributed by atoms with Crippen molar-refractivity contribution in [3.05, 3.63) is 83.1 Å². The Morgan fingerprint density at radius 2 is 1.97 bits per heavy atom. The Kier molecular flexibility index (Phi) is 6.36. The van der Waals surface area contributed by atoms with Crippen molar-refractivity contribution >= 4 is 22.9 Å². The molecule has 150 valence electrons. The molecule has 1 heterocycles. The minimum absolute atomic E-state index is 0.267. The van der Waals surface area contributed by atoms with Crippen LogP contribution in [0.25, 0.3) is 6.08 Å². The second kappa shape index (κ2) is 9.32. The maximum absolute atomic E-state index is 11.4. The molecule has 0 saturated carbocycles. The monoisotopic (exact) mass is 407 g/mol. The fourth-order valence-electron chi connectivity index (χ4n) is 3.89. The second-order valence-electron chi connectivity index (χ2n) is 7.72. The number of unbranched alkanes of at least 4 members (excludes halogenated alkanes) is 1. The van der Waals surface area contributed by atoms with E-state index in [1.807, 2.05) is 17.2 Å². The van der Waals surface area contributed by atoms with E-state index < -0.39 is 0 Å². The van der Waals surface area contributed by atoms with Crippen molar-refractivity contribution in [1.82, 2.24) is 4.90 Å². The third kappa shape index (κ3) is 5.10. The molecule has 0 aromatic heterocycles. The summed E-state index contributed by atoms with van der Waals surface area (Å²) < 4.78 is 5.98. The lowest BCUT2D eigenvalue weighted by atomic mass is 9.91. The average Bonchev–Trinajstić information content (AvgIpc) is 2.71. The van der Waals surface area contributed by atoms with Crippen LogP contribution in [0.15, 0.2) is 66.4 Å². The smallest absolute Gasteiger partial charge is 0.248 e. The number of nitrogens with zero attached hydrogens (tertiary/aromatic N) is 1. The van der Waals surface area contributed by atoms with Gasteiger partial charge in [0, 0.05) is 6.54 Å². The summed E-state index contributed by atoms with van der Waals surface area (Å²) in [6.45, 7) is 1.51. The lowest BCUT2D eigenvalue weighted by molar-refractivity contribution is -0.115. The van der Waals surface area contributed by atoms with E-state index in [1.165, 1.54) is 22.3 Å². The van der Waals surface area contributed by atoms with Crippen molar-refractivity contribution in [1.29, 1.82) is 0 Å². The highest BCUT2D eigenvalue weighted by atomic mass is 35.5. The van der Waals surface area contributed by atoms with E-state index in [-0.39, 0.29) is 11.3 Å². The van der Waals surface area contributed by atoms with Crippen LogP contribution in [-0.4, -0.2) is 29.3 Å². The van der Waals surface area contributed by atoms with Gasteiger partial charge in [0.1, 0.15) is 11.8 Å². The molecule has 2 aromatic carbocycles. The quantitative estimate of drug-likeness (QED) is 0.412. The summed E-state index contributed by atoms with van der Waals surface area (Å²) >= 11 is 5.62. The molecule has 0 amide bonds. The number of halogens is 1. The molecule has 0 N–H and O–H groups in total. The standard InChI is InChI=1S/C25H26ClNO2/c26-25(28)24-13-14-27(24)18-20-9-10-22-17-23(12-11-21(22)16-20)29-15-5-4-8-19-6-2-1-3-7-19/h1-3,6-7,11-14,16-17,24H,4-5,8-10,15,18H2. The van der Waals surface area contributed by atoms with Gasteiger partial charge in [-0.05, 0) is 84.8 Å². The first-order chi connectivity index (χ1) is 14.2. The first-order valence-corrected chi connectivity index (χ1v) is 10.7. The van der Waals surface area contributed by atoms with E-state index in [4.69, 9.17) is 16.3 Å². The summed E-state index contributed by atoms with van der Waals surface area (Å²) in [6.07, 6.45) is 11.3. The summed E-state index contributed by atoms with van der Waals surface area (Å²) in [5, 5.41) is -0.310. The van der Waals surface area contributed by atoms with E-state index in [2.05, 4.69) is 54.6 Å². The number of hydrogen-bond donors (Lipinski definition) is 0. The van der Waals surface area contributed by atoms with E-state index >= 15 is 0 Å². The van der Waals surface area contributed by atoms with Crippen molar-refractivity contribution in [2.24, 2.45) is 0 Å². The molecule has 0 saturated heterocycles. The minimum Gasteiger partial charge on any atom is -0.494 e. The molecule has 1 aliphatic carbocycles. The number of rotatable bonds is 9. The van der Waals surface area contributed by atoms with Gasteiger partial charge >= 0.3 is 0 Å². The Morgan fingerprint density at radius 1 is 1.10 bits per heavy atom. The van der Waals surface area contributed by atoms with Crippen LogP contribution in [0.5, 0.6) is 5.75 Å². The van der Waals surface area contributed by atoms with Gasteiger partial charge in [0.15, 0.2) is 0 Å². The van der Waals surface area contributed by atoms with Gasteiger partial charge in [0.2, 0.25) is 5.24 Å². The first kappa shape index (κ1) is 19.8. The summed E-state index contributed by atoms with van der Waals surface area (Å²) in [5.41, 5.74) is 5.30. The molecule has 0 radical (unpaired) electrons. The van der Waals surface area contributed by atoms with Crippen molar-refractivity contribution in [2.45, 2.75) is 38.1 Å². The highest BCUT2D eigenvalue weighted by molar-refractivity contribution is 6.65. The predicted molar refractivity (Wildman–Crippen MR) is 118 cm³/mol. The van der Waals surface area contributed by atoms with Crippen LogP contribution in [0.2, 0.25) is 0 Å². The van der Waals surface area contributed by atoms with Crippen LogP contribution in [0.3, 0.4) is 0 Å². The van der Waals surface area contributed by atoms with E-state index in [0.717, 1.165) is 51.0 Å². The molecule has 0 spiro atoms. The van der Waals surface area contributed by atoms with Crippen LogP contribution in [0, 0.1) is 0 Å². The summed E-state index contributed by atoms with van der Waals surface area (Å²) in [7, 11) is 0. The number of benzene rings is 2. The number of ether oxygens (including phenoxy) is 1. The van der Waals surface area contributed by atoms with E-state index in [9.17, 15) is 4.79 Å². The number of carbonyl (C=O) groups excluding carboxylic acids is 1. The van der Waals surface area contributed by atoms with Crippen LogP contribution in [-0.2, 0) is 17.6 Å². The van der Waals surface area contributed by atoms with Crippen molar-refractivity contribution in [3.63, 3.8) is 0 Å². The zero-order valence-corrected chi connectivity index (χ0v) is 17.3. The third-order valence-corrected chi connectivity index (χ3v) is 5.82. The van der Waals surface area contributed by atoms with E-state index in [0.29, 0.717) is 0 Å². The Bertz CT molecular complexity index is 920. The maximum atomic E-state index is 11.4. The Labute approximate surface area is 177 Å². The predicted octanol–water partition coefficient (Wildman–Crippen LogP) is 5.38. The summed E-state index contributed by atoms with van der Waals surface area (Å²) in [6, 6.07) is 16.7. The lowest BCUT2D eigenvalue weighted by Crippen LogP contribution is -2.41. The van der Waals surface area contributed by atoms with Gasteiger partial charge in [-0.15, -0.1) is 0 Å². The first-order valence-electron chi connectivity index (χ1n) is 10.3. The van der Waals surface area contributed by atoms with Gasteiger partial charge in [-0.25, -0.2) is 0 Å². The largest absolute Gasteiger partial charge is 0.494 e. The van der Waals surface area contributed by atoms with Gasteiger partial charge in [0.05, 0.1) is 6.61 Å².